The lowest BCUT2D eigenvalue weighted by Crippen LogP contribution is -2.32. The van der Waals surface area contributed by atoms with Gasteiger partial charge in [-0.25, -0.2) is 0 Å². The van der Waals surface area contributed by atoms with Crippen LogP contribution < -0.4 is 21.1 Å². The molecule has 1 N–H and O–H groups in total. The van der Waals surface area contributed by atoms with E-state index in [0.717, 1.165) is 35.7 Å². The van der Waals surface area contributed by atoms with Crippen molar-refractivity contribution in [1.82, 2.24) is 0 Å². The van der Waals surface area contributed by atoms with Crippen LogP contribution in [0, 0.1) is 0 Å². The summed E-state index contributed by atoms with van der Waals surface area (Å²) in [7, 11) is 0.841. The third-order valence-electron chi connectivity index (χ3n) is 5.39. The molecule has 160 valence electrons. The lowest BCUT2D eigenvalue weighted by molar-refractivity contribution is 1.22. The molecule has 0 bridgehead atoms. The zero-order chi connectivity index (χ0) is 22.9. The van der Waals surface area contributed by atoms with E-state index in [1.807, 2.05) is 30.4 Å². The Morgan fingerprint density at radius 1 is 0.727 bits per heavy atom. The highest BCUT2D eigenvalue weighted by Gasteiger charge is 2.17. The summed E-state index contributed by atoms with van der Waals surface area (Å²) in [6.07, 6.45) is 5.66. The summed E-state index contributed by atoms with van der Waals surface area (Å²) in [4.78, 5) is 2.24. The standard InChI is InChI=1S/C30H27BN2/c1-3-14-27(4-2)33(28-20-13-19-26(23-28)32-25-17-9-6-10-18-25)30-22-12-11-21-29(30)31-24-15-7-5-8-16-24/h3-23,31-32H,1-2H2/b27-14+. The number of hydrogen-bond donors (Lipinski definition) is 1. The monoisotopic (exact) mass is 426 g/mol. The molecule has 0 unspecified atom stereocenters. The smallest absolute Gasteiger partial charge is 0.195 e. The van der Waals surface area contributed by atoms with Crippen LogP contribution in [0.4, 0.5) is 22.7 Å². The van der Waals surface area contributed by atoms with Gasteiger partial charge in [-0.2, -0.15) is 0 Å². The molecule has 0 heterocycles. The largest absolute Gasteiger partial charge is 0.355 e. The van der Waals surface area contributed by atoms with E-state index < -0.39 is 0 Å². The Hall–Kier alpha value is -4.24. The molecule has 33 heavy (non-hydrogen) atoms. The SMILES string of the molecule is C=C/C=C(\C=C)N(c1cccc(Nc2ccccc2)c1)c1ccccc1Bc1ccccc1. The van der Waals surface area contributed by atoms with Gasteiger partial charge in [-0.15, -0.1) is 0 Å². The van der Waals surface area contributed by atoms with Gasteiger partial charge in [-0.3, -0.25) is 0 Å². The summed E-state index contributed by atoms with van der Waals surface area (Å²) in [5.74, 6) is 0. The molecule has 0 aliphatic rings. The Kier molecular flexibility index (Phi) is 7.24. The minimum absolute atomic E-state index is 0.841. The van der Waals surface area contributed by atoms with Crippen molar-refractivity contribution in [3.05, 3.63) is 146 Å². The van der Waals surface area contributed by atoms with Crippen LogP contribution in [-0.2, 0) is 0 Å². The van der Waals surface area contributed by atoms with Crippen molar-refractivity contribution in [3.8, 4) is 0 Å². The lowest BCUT2D eigenvalue weighted by atomic mass is 9.63. The highest BCUT2D eigenvalue weighted by molar-refractivity contribution is 6.68. The molecule has 0 amide bonds. The molecule has 0 saturated heterocycles. The van der Waals surface area contributed by atoms with Gasteiger partial charge >= 0.3 is 0 Å². The second kappa shape index (κ2) is 10.9. The van der Waals surface area contributed by atoms with E-state index in [1.165, 1.54) is 10.9 Å². The molecule has 0 fully saturated rings. The van der Waals surface area contributed by atoms with Gasteiger partial charge in [0.25, 0.3) is 0 Å². The van der Waals surface area contributed by atoms with Crippen molar-refractivity contribution in [2.24, 2.45) is 0 Å². The molecule has 3 heteroatoms. The minimum atomic E-state index is 0.841. The average Bonchev–Trinajstić information content (AvgIpc) is 2.86. The number of anilines is 4. The van der Waals surface area contributed by atoms with Crippen LogP contribution in [0.15, 0.2) is 146 Å². The summed E-state index contributed by atoms with van der Waals surface area (Å²) in [6.45, 7) is 8.00. The summed E-state index contributed by atoms with van der Waals surface area (Å²) in [5, 5.41) is 3.50. The Balaban J connectivity index is 1.78. The van der Waals surface area contributed by atoms with Crippen molar-refractivity contribution >= 4 is 41.0 Å². The molecule has 0 aromatic heterocycles. The quantitative estimate of drug-likeness (QED) is 0.253. The zero-order valence-electron chi connectivity index (χ0n) is 18.7. The first-order valence-corrected chi connectivity index (χ1v) is 11.1. The number of hydrogen-bond acceptors (Lipinski definition) is 2. The molecule has 4 aromatic carbocycles. The molecule has 2 nitrogen and oxygen atoms in total. The number of nitrogens with zero attached hydrogens (tertiary/aromatic N) is 1. The molecule has 4 rings (SSSR count). The summed E-state index contributed by atoms with van der Waals surface area (Å²) in [6, 6.07) is 37.7. The van der Waals surface area contributed by atoms with E-state index in [4.69, 9.17) is 0 Å². The maximum absolute atomic E-state index is 4.08. The third-order valence-corrected chi connectivity index (χ3v) is 5.39. The molecule has 0 saturated carbocycles. The van der Waals surface area contributed by atoms with Crippen molar-refractivity contribution in [2.75, 3.05) is 10.2 Å². The molecule has 0 atom stereocenters. The van der Waals surface area contributed by atoms with E-state index in [2.05, 4.69) is 114 Å². The van der Waals surface area contributed by atoms with Gasteiger partial charge in [-0.1, -0.05) is 103 Å². The predicted octanol–water partition coefficient (Wildman–Crippen LogP) is 6.21. The topological polar surface area (TPSA) is 15.3 Å². The molecular weight excluding hydrogens is 399 g/mol. The van der Waals surface area contributed by atoms with Crippen molar-refractivity contribution in [3.63, 3.8) is 0 Å². The lowest BCUT2D eigenvalue weighted by Gasteiger charge is -2.29. The van der Waals surface area contributed by atoms with E-state index >= 15 is 0 Å². The fourth-order valence-electron chi connectivity index (χ4n) is 3.89. The van der Waals surface area contributed by atoms with Crippen molar-refractivity contribution < 1.29 is 0 Å². The Labute approximate surface area is 197 Å². The van der Waals surface area contributed by atoms with Gasteiger partial charge in [0.05, 0.1) is 0 Å². The summed E-state index contributed by atoms with van der Waals surface area (Å²) in [5.41, 5.74) is 7.71. The van der Waals surface area contributed by atoms with Gasteiger partial charge in [0.2, 0.25) is 0 Å². The molecule has 0 aliphatic heterocycles. The number of benzene rings is 4. The molecule has 4 aromatic rings. The second-order valence-corrected chi connectivity index (χ2v) is 7.70. The molecule has 0 radical (unpaired) electrons. The van der Waals surface area contributed by atoms with Crippen LogP contribution in [0.3, 0.4) is 0 Å². The number of para-hydroxylation sites is 2. The average molecular weight is 426 g/mol. The van der Waals surface area contributed by atoms with Gasteiger partial charge < -0.3 is 10.2 Å². The maximum atomic E-state index is 4.08. The minimum Gasteiger partial charge on any atom is -0.355 e. The van der Waals surface area contributed by atoms with E-state index in [0.29, 0.717) is 0 Å². The van der Waals surface area contributed by atoms with Gasteiger partial charge in [-0.05, 0) is 48.6 Å². The summed E-state index contributed by atoms with van der Waals surface area (Å²) >= 11 is 0. The van der Waals surface area contributed by atoms with Crippen molar-refractivity contribution in [1.29, 1.82) is 0 Å². The van der Waals surface area contributed by atoms with Crippen LogP contribution in [0.5, 0.6) is 0 Å². The normalized spacial score (nSPS) is 10.8. The van der Waals surface area contributed by atoms with Crippen molar-refractivity contribution in [2.45, 2.75) is 0 Å². The van der Waals surface area contributed by atoms with Crippen LogP contribution in [-0.4, -0.2) is 7.28 Å². The first-order valence-electron chi connectivity index (χ1n) is 11.1. The van der Waals surface area contributed by atoms with Crippen LogP contribution in [0.1, 0.15) is 0 Å². The number of nitrogens with one attached hydrogen (secondary N) is 1. The Morgan fingerprint density at radius 3 is 2.12 bits per heavy atom. The Bertz CT molecular complexity index is 1250. The molecule has 0 spiro atoms. The van der Waals surface area contributed by atoms with E-state index in [-0.39, 0.29) is 0 Å². The number of allylic oxidation sites excluding steroid dienone is 3. The van der Waals surface area contributed by atoms with Crippen LogP contribution in [0.25, 0.3) is 0 Å². The number of rotatable bonds is 9. The fourth-order valence-corrected chi connectivity index (χ4v) is 3.89. The first kappa shape index (κ1) is 22.0. The van der Waals surface area contributed by atoms with Gasteiger partial charge in [0, 0.05) is 28.4 Å². The Morgan fingerprint density at radius 2 is 1.39 bits per heavy atom. The van der Waals surface area contributed by atoms with E-state index in [9.17, 15) is 0 Å². The second-order valence-electron chi connectivity index (χ2n) is 7.70. The van der Waals surface area contributed by atoms with Gasteiger partial charge in [0.1, 0.15) is 0 Å². The molecular formula is C30H27BN2. The fraction of sp³-hybridized carbons (Fsp3) is 0. The van der Waals surface area contributed by atoms with E-state index in [1.54, 1.807) is 6.08 Å². The van der Waals surface area contributed by atoms with Crippen LogP contribution in [0.2, 0.25) is 0 Å². The highest BCUT2D eigenvalue weighted by Crippen LogP contribution is 2.32. The first-order chi connectivity index (χ1) is 16.3. The zero-order valence-corrected chi connectivity index (χ0v) is 18.7. The van der Waals surface area contributed by atoms with Gasteiger partial charge in [0.15, 0.2) is 7.28 Å². The molecule has 0 aliphatic carbocycles. The predicted molar refractivity (Wildman–Crippen MR) is 146 cm³/mol. The van der Waals surface area contributed by atoms with Crippen LogP contribution >= 0.6 is 0 Å². The summed E-state index contributed by atoms with van der Waals surface area (Å²) < 4.78 is 0. The maximum Gasteiger partial charge on any atom is 0.195 e. The third kappa shape index (κ3) is 5.52. The highest BCUT2D eigenvalue weighted by atomic mass is 15.1.